The van der Waals surface area contributed by atoms with E-state index in [1.807, 2.05) is 0 Å². The second-order valence-corrected chi connectivity index (χ2v) is 6.16. The number of rotatable bonds is 3. The molecular weight excluding hydrogens is 376 g/mol. The average molecular weight is 389 g/mol. The van der Waals surface area contributed by atoms with E-state index in [0.717, 1.165) is 11.8 Å². The first-order valence-electron chi connectivity index (χ1n) is 7.07. The van der Waals surface area contributed by atoms with Crippen LogP contribution in [0.5, 0.6) is 0 Å². The maximum atomic E-state index is 12.9. The van der Waals surface area contributed by atoms with Crippen LogP contribution in [-0.2, 0) is 4.79 Å². The Kier molecular flexibility index (Phi) is 5.75. The fourth-order valence-corrected chi connectivity index (χ4v) is 2.57. The third-order valence-electron chi connectivity index (χ3n) is 3.29. The van der Waals surface area contributed by atoms with Crippen molar-refractivity contribution in [1.82, 2.24) is 0 Å². The van der Waals surface area contributed by atoms with E-state index in [-0.39, 0.29) is 10.7 Å². The molecule has 0 unspecified atom stereocenters. The topological polar surface area (TPSA) is 32.7 Å². The van der Waals surface area contributed by atoms with Crippen molar-refractivity contribution in [3.63, 3.8) is 0 Å². The first-order valence-corrected chi connectivity index (χ1v) is 7.83. The molecule has 132 valence electrons. The molecule has 0 saturated carbocycles. The summed E-state index contributed by atoms with van der Waals surface area (Å²) in [6, 6.07) is 9.11. The van der Waals surface area contributed by atoms with Gasteiger partial charge >= 0.3 is 12.1 Å². The predicted octanol–water partition coefficient (Wildman–Crippen LogP) is 5.54. The average Bonchev–Trinajstić information content (AvgIpc) is 2.49. The number of anilines is 1. The van der Waals surface area contributed by atoms with Gasteiger partial charge in [0.05, 0.1) is 16.9 Å². The lowest BCUT2D eigenvalue weighted by molar-refractivity contribution is -0.170. The molecule has 0 atom stereocenters. The molecule has 2 aromatic carbocycles. The fourth-order valence-electron chi connectivity index (χ4n) is 2.11. The van der Waals surface area contributed by atoms with E-state index in [2.05, 4.69) is 5.10 Å². The summed E-state index contributed by atoms with van der Waals surface area (Å²) in [6.07, 6.45) is -3.99. The van der Waals surface area contributed by atoms with Crippen molar-refractivity contribution in [2.24, 2.45) is 5.10 Å². The normalized spacial score (nSPS) is 11.8. The number of nitrogens with zero attached hydrogens (tertiary/aromatic N) is 2. The number of carbonyl (C=O) groups is 1. The van der Waals surface area contributed by atoms with Crippen molar-refractivity contribution in [2.75, 3.05) is 5.01 Å². The molecule has 0 heterocycles. The van der Waals surface area contributed by atoms with Crippen LogP contribution >= 0.6 is 23.2 Å². The second-order valence-electron chi connectivity index (χ2n) is 5.32. The van der Waals surface area contributed by atoms with Crippen molar-refractivity contribution in [3.05, 3.63) is 63.1 Å². The van der Waals surface area contributed by atoms with Crippen LogP contribution in [0.15, 0.2) is 41.5 Å². The molecule has 0 bridgehead atoms. The minimum atomic E-state index is -5.07. The Morgan fingerprint density at radius 2 is 1.80 bits per heavy atom. The lowest BCUT2D eigenvalue weighted by atomic mass is 10.1. The van der Waals surface area contributed by atoms with Crippen LogP contribution in [0.2, 0.25) is 10.0 Å². The number of alkyl halides is 3. The van der Waals surface area contributed by atoms with E-state index in [4.69, 9.17) is 23.2 Å². The Balaban J connectivity index is 2.48. The highest BCUT2D eigenvalue weighted by Crippen LogP contribution is 2.28. The molecule has 3 nitrogen and oxygen atoms in total. The lowest BCUT2D eigenvalue weighted by Gasteiger charge is -2.20. The van der Waals surface area contributed by atoms with Gasteiger partial charge in [0, 0.05) is 10.6 Å². The van der Waals surface area contributed by atoms with Gasteiger partial charge in [-0.1, -0.05) is 47.0 Å². The molecule has 0 spiro atoms. The molecule has 25 heavy (non-hydrogen) atoms. The number of benzene rings is 2. The summed E-state index contributed by atoms with van der Waals surface area (Å²) in [5.74, 6) is -2.10. The molecular formula is C17H13Cl2F3N2O. The monoisotopic (exact) mass is 388 g/mol. The van der Waals surface area contributed by atoms with Crippen LogP contribution in [0, 0.1) is 13.8 Å². The molecule has 2 aromatic rings. The van der Waals surface area contributed by atoms with E-state index in [0.29, 0.717) is 21.2 Å². The van der Waals surface area contributed by atoms with Crippen LogP contribution in [0.4, 0.5) is 18.9 Å². The van der Waals surface area contributed by atoms with E-state index in [1.54, 1.807) is 26.0 Å². The summed E-state index contributed by atoms with van der Waals surface area (Å²) in [4.78, 5) is 11.8. The van der Waals surface area contributed by atoms with Crippen molar-refractivity contribution in [3.8, 4) is 0 Å². The summed E-state index contributed by atoms with van der Waals surface area (Å²) >= 11 is 11.8. The Hall–Kier alpha value is -2.05. The highest BCUT2D eigenvalue weighted by atomic mass is 35.5. The molecule has 8 heteroatoms. The molecule has 0 N–H and O–H groups in total. The molecule has 0 saturated heterocycles. The smallest absolute Gasteiger partial charge is 0.262 e. The molecule has 0 aromatic heterocycles. The van der Waals surface area contributed by atoms with Gasteiger partial charge in [0.2, 0.25) is 0 Å². The Bertz CT molecular complexity index is 835. The van der Waals surface area contributed by atoms with Crippen molar-refractivity contribution >= 4 is 41.0 Å². The maximum Gasteiger partial charge on any atom is 0.473 e. The molecule has 0 aliphatic carbocycles. The largest absolute Gasteiger partial charge is 0.473 e. The van der Waals surface area contributed by atoms with E-state index in [9.17, 15) is 18.0 Å². The zero-order chi connectivity index (χ0) is 18.8. The van der Waals surface area contributed by atoms with Crippen LogP contribution in [0.25, 0.3) is 0 Å². The second kappa shape index (κ2) is 7.45. The van der Waals surface area contributed by atoms with E-state index < -0.39 is 12.1 Å². The van der Waals surface area contributed by atoms with Crippen LogP contribution in [-0.4, -0.2) is 18.3 Å². The highest BCUT2D eigenvalue weighted by Gasteiger charge is 2.43. The van der Waals surface area contributed by atoms with Gasteiger partial charge in [0.1, 0.15) is 0 Å². The quantitative estimate of drug-likeness (QED) is 0.501. The minimum absolute atomic E-state index is 0.0364. The lowest BCUT2D eigenvalue weighted by Crippen LogP contribution is -2.38. The number of hydrazone groups is 1. The summed E-state index contributed by atoms with van der Waals surface area (Å²) < 4.78 is 38.8. The zero-order valence-corrected chi connectivity index (χ0v) is 14.7. The SMILES string of the molecule is Cc1ccc(N(/N=C/c2ccc(Cl)cc2Cl)C(=O)C(F)(F)F)c(C)c1. The first-order chi connectivity index (χ1) is 11.6. The van der Waals surface area contributed by atoms with Crippen LogP contribution in [0.1, 0.15) is 16.7 Å². The number of carbonyl (C=O) groups excluding carboxylic acids is 1. The van der Waals surface area contributed by atoms with Gasteiger partial charge < -0.3 is 0 Å². The standard InChI is InChI=1S/C17H13Cl2F3N2O/c1-10-3-6-15(11(2)7-10)24(16(25)17(20,21)22)23-9-12-4-5-13(18)8-14(12)19/h3-9H,1-2H3/b23-9+. The minimum Gasteiger partial charge on any atom is -0.262 e. The van der Waals surface area contributed by atoms with Gasteiger partial charge in [0.25, 0.3) is 0 Å². The van der Waals surface area contributed by atoms with Crippen LogP contribution in [0.3, 0.4) is 0 Å². The van der Waals surface area contributed by atoms with Gasteiger partial charge in [-0.2, -0.15) is 23.3 Å². The molecule has 1 amide bonds. The molecule has 0 aliphatic heterocycles. The predicted molar refractivity (Wildman–Crippen MR) is 93.5 cm³/mol. The van der Waals surface area contributed by atoms with E-state index >= 15 is 0 Å². The third kappa shape index (κ3) is 4.74. The summed E-state index contributed by atoms with van der Waals surface area (Å²) in [7, 11) is 0. The Morgan fingerprint density at radius 3 is 2.36 bits per heavy atom. The summed E-state index contributed by atoms with van der Waals surface area (Å²) in [5.41, 5.74) is 1.70. The molecule has 0 aliphatic rings. The summed E-state index contributed by atoms with van der Waals surface area (Å²) in [6.45, 7) is 3.40. The number of hydrogen-bond donors (Lipinski definition) is 0. The molecule has 0 fully saturated rings. The Morgan fingerprint density at radius 1 is 1.12 bits per heavy atom. The highest BCUT2D eigenvalue weighted by molar-refractivity contribution is 6.36. The van der Waals surface area contributed by atoms with Gasteiger partial charge in [-0.05, 0) is 37.6 Å². The Labute approximate surface area is 152 Å². The van der Waals surface area contributed by atoms with Gasteiger partial charge in [-0.15, -0.1) is 0 Å². The van der Waals surface area contributed by atoms with Gasteiger partial charge in [-0.25, -0.2) is 0 Å². The number of aryl methyl sites for hydroxylation is 2. The van der Waals surface area contributed by atoms with Gasteiger partial charge in [-0.3, -0.25) is 4.79 Å². The summed E-state index contributed by atoms with van der Waals surface area (Å²) in [5, 5.41) is 4.62. The van der Waals surface area contributed by atoms with Crippen LogP contribution < -0.4 is 5.01 Å². The van der Waals surface area contributed by atoms with Crippen molar-refractivity contribution in [2.45, 2.75) is 20.0 Å². The number of hydrogen-bond acceptors (Lipinski definition) is 2. The fraction of sp³-hybridized carbons (Fsp3) is 0.176. The first kappa shape index (κ1) is 19.3. The number of amides is 1. The molecule has 0 radical (unpaired) electrons. The maximum absolute atomic E-state index is 12.9. The number of halogens is 5. The van der Waals surface area contributed by atoms with Crippen molar-refractivity contribution in [1.29, 1.82) is 0 Å². The third-order valence-corrected chi connectivity index (χ3v) is 3.85. The zero-order valence-electron chi connectivity index (χ0n) is 13.2. The van der Waals surface area contributed by atoms with Gasteiger partial charge in [0.15, 0.2) is 0 Å². The van der Waals surface area contributed by atoms with E-state index in [1.165, 1.54) is 24.3 Å². The van der Waals surface area contributed by atoms with Crippen molar-refractivity contribution < 1.29 is 18.0 Å². The molecule has 2 rings (SSSR count).